The van der Waals surface area contributed by atoms with E-state index < -0.39 is 23.0 Å². The number of nitrogens with zero attached hydrogens (tertiary/aromatic N) is 1. The quantitative estimate of drug-likeness (QED) is 0.750. The number of fused-ring (bicyclic) bond motifs is 1. The molecular weight excluding hydrogens is 338 g/mol. The van der Waals surface area contributed by atoms with Gasteiger partial charge in [-0.3, -0.25) is 5.10 Å². The monoisotopic (exact) mass is 352 g/mol. The second kappa shape index (κ2) is 5.91. The third kappa shape index (κ3) is 2.50. The molecule has 0 amide bonds. The highest BCUT2D eigenvalue weighted by molar-refractivity contribution is 5.91. The van der Waals surface area contributed by atoms with Crippen LogP contribution >= 0.6 is 0 Å². The topological polar surface area (TPSA) is 66.0 Å². The zero-order chi connectivity index (χ0) is 18.3. The lowest BCUT2D eigenvalue weighted by Crippen LogP contribution is -2.31. The van der Waals surface area contributed by atoms with E-state index >= 15 is 0 Å². The molecule has 0 unspecified atom stereocenters. The smallest absolute Gasteiger partial charge is 0.357 e. The Morgan fingerprint density at radius 2 is 1.69 bits per heavy atom. The number of allylic oxidation sites excluding steroid dienone is 1. The second-order valence-corrected chi connectivity index (χ2v) is 6.27. The Hall–Kier alpha value is -3.28. The predicted octanol–water partition coefficient (Wildman–Crippen LogP) is 3.94. The lowest BCUT2D eigenvalue weighted by molar-refractivity contribution is 0.0690. The van der Waals surface area contributed by atoms with Crippen LogP contribution in [0.1, 0.15) is 32.9 Å². The molecule has 0 saturated heterocycles. The molecule has 0 aliphatic heterocycles. The van der Waals surface area contributed by atoms with Crippen LogP contribution in [-0.2, 0) is 11.8 Å². The number of aromatic nitrogens is 2. The Morgan fingerprint density at radius 1 is 1.08 bits per heavy atom. The number of carboxylic acid groups (broad SMARTS) is 1. The van der Waals surface area contributed by atoms with Gasteiger partial charge in [-0.2, -0.15) is 5.10 Å². The summed E-state index contributed by atoms with van der Waals surface area (Å²) >= 11 is 0. The van der Waals surface area contributed by atoms with Gasteiger partial charge >= 0.3 is 5.97 Å². The molecule has 2 N–H and O–H groups in total. The second-order valence-electron chi connectivity index (χ2n) is 6.27. The fourth-order valence-corrected chi connectivity index (χ4v) is 3.52. The molecule has 1 heterocycles. The van der Waals surface area contributed by atoms with Crippen molar-refractivity contribution < 1.29 is 18.7 Å². The Morgan fingerprint density at radius 3 is 2.23 bits per heavy atom. The van der Waals surface area contributed by atoms with E-state index in [2.05, 4.69) is 10.2 Å². The highest BCUT2D eigenvalue weighted by Gasteiger charge is 2.37. The Kier molecular flexibility index (Phi) is 3.68. The Bertz CT molecular complexity index is 994. The zero-order valence-electron chi connectivity index (χ0n) is 13.5. The van der Waals surface area contributed by atoms with Crippen LogP contribution in [-0.4, -0.2) is 21.3 Å². The molecule has 130 valence electrons. The standard InChI is InChI=1S/C20H14F2N2O2/c21-14-5-1-3-12(9-14)20(13-4-2-6-15(22)10-13)8-7-16-17(11-20)23-24-18(16)19(25)26/h1-10H,11H2,(H,23,24)(H,25,26). The maximum absolute atomic E-state index is 13.9. The third-order valence-corrected chi connectivity index (χ3v) is 4.76. The molecule has 0 bridgehead atoms. The number of nitrogens with one attached hydrogen (secondary N) is 1. The number of hydrogen-bond acceptors (Lipinski definition) is 2. The maximum Gasteiger partial charge on any atom is 0.357 e. The number of aromatic carboxylic acids is 1. The molecule has 1 aliphatic rings. The first kappa shape index (κ1) is 16.2. The molecule has 1 aromatic heterocycles. The number of carbonyl (C=O) groups is 1. The summed E-state index contributed by atoms with van der Waals surface area (Å²) < 4.78 is 27.8. The number of rotatable bonds is 3. The van der Waals surface area contributed by atoms with Crippen molar-refractivity contribution in [1.29, 1.82) is 0 Å². The SMILES string of the molecule is O=C(O)c1n[nH]c2c1C=CC(c1cccc(F)c1)(c1cccc(F)c1)C2. The average Bonchev–Trinajstić information content (AvgIpc) is 3.04. The predicted molar refractivity (Wildman–Crippen MR) is 91.9 cm³/mol. The van der Waals surface area contributed by atoms with Gasteiger partial charge in [-0.1, -0.05) is 36.4 Å². The maximum atomic E-state index is 13.9. The van der Waals surface area contributed by atoms with Crippen LogP contribution in [0.2, 0.25) is 0 Å². The van der Waals surface area contributed by atoms with Gasteiger partial charge < -0.3 is 5.11 Å². The number of aromatic amines is 1. The van der Waals surface area contributed by atoms with Crippen LogP contribution in [0, 0.1) is 11.6 Å². The minimum atomic E-state index is -1.13. The van der Waals surface area contributed by atoms with Crippen LogP contribution in [0.3, 0.4) is 0 Å². The number of benzene rings is 2. The van der Waals surface area contributed by atoms with E-state index in [1.165, 1.54) is 24.3 Å². The molecule has 0 radical (unpaired) electrons. The van der Waals surface area contributed by atoms with E-state index in [0.29, 0.717) is 28.8 Å². The van der Waals surface area contributed by atoms with Crippen molar-refractivity contribution in [2.75, 3.05) is 0 Å². The van der Waals surface area contributed by atoms with E-state index in [9.17, 15) is 18.7 Å². The van der Waals surface area contributed by atoms with Crippen LogP contribution in [0.15, 0.2) is 54.6 Å². The van der Waals surface area contributed by atoms with E-state index in [-0.39, 0.29) is 5.69 Å². The summed E-state index contributed by atoms with van der Waals surface area (Å²) in [6, 6.07) is 12.3. The van der Waals surface area contributed by atoms with Gasteiger partial charge in [0.15, 0.2) is 5.69 Å². The van der Waals surface area contributed by atoms with Gasteiger partial charge in [-0.25, -0.2) is 13.6 Å². The first-order valence-corrected chi connectivity index (χ1v) is 8.01. The van der Waals surface area contributed by atoms with Crippen molar-refractivity contribution in [2.24, 2.45) is 0 Å². The highest BCUT2D eigenvalue weighted by atomic mass is 19.1. The molecule has 4 rings (SSSR count). The van der Waals surface area contributed by atoms with Gasteiger partial charge in [0.1, 0.15) is 11.6 Å². The Balaban J connectivity index is 1.93. The van der Waals surface area contributed by atoms with Crippen molar-refractivity contribution in [3.8, 4) is 0 Å². The summed E-state index contributed by atoms with van der Waals surface area (Å²) in [4.78, 5) is 11.3. The molecule has 3 aromatic rings. The van der Waals surface area contributed by atoms with Gasteiger partial charge in [-0.15, -0.1) is 0 Å². The first-order chi connectivity index (χ1) is 12.5. The number of H-pyrrole nitrogens is 1. The summed E-state index contributed by atoms with van der Waals surface area (Å²) in [5.41, 5.74) is 1.50. The van der Waals surface area contributed by atoms with Crippen LogP contribution in [0.25, 0.3) is 6.08 Å². The first-order valence-electron chi connectivity index (χ1n) is 8.01. The van der Waals surface area contributed by atoms with Gasteiger partial charge in [0, 0.05) is 23.1 Å². The third-order valence-electron chi connectivity index (χ3n) is 4.76. The summed E-state index contributed by atoms with van der Waals surface area (Å²) in [6.45, 7) is 0. The van der Waals surface area contributed by atoms with Crippen molar-refractivity contribution in [3.63, 3.8) is 0 Å². The fraction of sp³-hybridized carbons (Fsp3) is 0.100. The zero-order valence-corrected chi connectivity index (χ0v) is 13.5. The van der Waals surface area contributed by atoms with E-state index in [1.54, 1.807) is 36.4 Å². The molecular formula is C20H14F2N2O2. The van der Waals surface area contributed by atoms with Gasteiger partial charge in [0.2, 0.25) is 0 Å². The minimum Gasteiger partial charge on any atom is -0.476 e. The summed E-state index contributed by atoms with van der Waals surface area (Å²) in [6.07, 6.45) is 3.76. The molecule has 0 atom stereocenters. The highest BCUT2D eigenvalue weighted by Crippen LogP contribution is 2.42. The van der Waals surface area contributed by atoms with E-state index in [4.69, 9.17) is 0 Å². The van der Waals surface area contributed by atoms with Crippen molar-refractivity contribution in [3.05, 3.63) is 94.3 Å². The molecule has 26 heavy (non-hydrogen) atoms. The molecule has 0 fully saturated rings. The fourth-order valence-electron chi connectivity index (χ4n) is 3.52. The average molecular weight is 352 g/mol. The largest absolute Gasteiger partial charge is 0.476 e. The lowest BCUT2D eigenvalue weighted by Gasteiger charge is -2.34. The van der Waals surface area contributed by atoms with Crippen molar-refractivity contribution in [2.45, 2.75) is 11.8 Å². The minimum absolute atomic E-state index is 0.0664. The Labute approximate surface area is 147 Å². The summed E-state index contributed by atoms with van der Waals surface area (Å²) in [5.74, 6) is -1.92. The van der Waals surface area contributed by atoms with Crippen LogP contribution in [0.4, 0.5) is 8.78 Å². The van der Waals surface area contributed by atoms with Crippen molar-refractivity contribution in [1.82, 2.24) is 10.2 Å². The number of hydrogen-bond donors (Lipinski definition) is 2. The number of carboxylic acids is 1. The van der Waals surface area contributed by atoms with E-state index in [1.807, 2.05) is 0 Å². The molecule has 2 aromatic carbocycles. The lowest BCUT2D eigenvalue weighted by atomic mass is 9.68. The molecule has 0 saturated carbocycles. The van der Waals surface area contributed by atoms with Crippen molar-refractivity contribution >= 4 is 12.0 Å². The molecule has 4 nitrogen and oxygen atoms in total. The van der Waals surface area contributed by atoms with Gasteiger partial charge in [0.05, 0.1) is 0 Å². The van der Waals surface area contributed by atoms with Crippen LogP contribution < -0.4 is 0 Å². The van der Waals surface area contributed by atoms with Gasteiger partial charge in [-0.05, 0) is 35.4 Å². The van der Waals surface area contributed by atoms with E-state index in [0.717, 1.165) is 0 Å². The summed E-state index contributed by atoms with van der Waals surface area (Å²) in [5, 5.41) is 15.9. The number of halogens is 2. The molecule has 1 aliphatic carbocycles. The molecule has 0 spiro atoms. The molecule has 6 heteroatoms. The van der Waals surface area contributed by atoms with Gasteiger partial charge in [0.25, 0.3) is 0 Å². The van der Waals surface area contributed by atoms with Crippen LogP contribution in [0.5, 0.6) is 0 Å². The summed E-state index contributed by atoms with van der Waals surface area (Å²) in [7, 11) is 0. The normalized spacial score (nSPS) is 14.8.